The Bertz CT molecular complexity index is 74.6. The number of hydrogen-bond donors (Lipinski definition) is 1. The van der Waals surface area contributed by atoms with Gasteiger partial charge in [0.1, 0.15) is 0 Å². The zero-order valence-electron chi connectivity index (χ0n) is 4.89. The molecule has 0 saturated heterocycles. The first-order chi connectivity index (χ1) is 3.77. The van der Waals surface area contributed by atoms with E-state index in [1.54, 1.807) is 0 Å². The molecule has 0 aromatic carbocycles. The second-order valence-corrected chi connectivity index (χ2v) is 1.42. The summed E-state index contributed by atoms with van der Waals surface area (Å²) in [7, 11) is 0. The average Bonchev–Trinajstić information content (AvgIpc) is 1.66. The molecule has 3 nitrogen and oxygen atoms in total. The van der Waals surface area contributed by atoms with Gasteiger partial charge in [-0.2, -0.15) is 0 Å². The topological polar surface area (TPSA) is 46.5 Å². The summed E-state index contributed by atoms with van der Waals surface area (Å²) in [6.45, 7) is 1.75. The van der Waals surface area contributed by atoms with Gasteiger partial charge in [-0.05, 0) is 0 Å². The van der Waals surface area contributed by atoms with Crippen LogP contribution in [0.2, 0.25) is 0 Å². The van der Waals surface area contributed by atoms with Gasteiger partial charge in [-0.3, -0.25) is 4.79 Å². The summed E-state index contributed by atoms with van der Waals surface area (Å²) >= 11 is 0. The first-order valence-electron chi connectivity index (χ1n) is 2.51. The molecular formula is C5H11NaO3. The Morgan fingerprint density at radius 1 is 1.67 bits per heavy atom. The molecule has 0 rings (SSSR count). The average molecular weight is 142 g/mol. The number of rotatable bonds is 3. The van der Waals surface area contributed by atoms with E-state index in [1.165, 1.54) is 6.92 Å². The Balaban J connectivity index is 0. The molecule has 4 heteroatoms. The van der Waals surface area contributed by atoms with E-state index in [1.807, 2.05) is 0 Å². The van der Waals surface area contributed by atoms with Gasteiger partial charge in [0.05, 0.1) is 6.61 Å². The second kappa shape index (κ2) is 8.43. The maximum atomic E-state index is 10.0. The molecule has 0 aliphatic carbocycles. The molecule has 0 heterocycles. The van der Waals surface area contributed by atoms with Crippen molar-refractivity contribution in [3.63, 3.8) is 0 Å². The molecule has 0 aromatic rings. The molecule has 0 radical (unpaired) electrons. The Morgan fingerprint density at radius 2 is 2.22 bits per heavy atom. The van der Waals surface area contributed by atoms with E-state index >= 15 is 0 Å². The van der Waals surface area contributed by atoms with Gasteiger partial charge in [0.2, 0.25) is 0 Å². The molecule has 1 N–H and O–H groups in total. The van der Waals surface area contributed by atoms with Crippen LogP contribution in [-0.4, -0.2) is 53.8 Å². The Labute approximate surface area is 76.7 Å². The van der Waals surface area contributed by atoms with Crippen molar-refractivity contribution in [1.29, 1.82) is 0 Å². The molecule has 0 aliphatic heterocycles. The number of aliphatic hydroxyl groups is 1. The molecule has 9 heavy (non-hydrogen) atoms. The predicted octanol–water partition coefficient (Wildman–Crippen LogP) is -0.717. The normalized spacial score (nSPS) is 7.78. The van der Waals surface area contributed by atoms with Crippen LogP contribution in [0.3, 0.4) is 0 Å². The quantitative estimate of drug-likeness (QED) is 0.321. The SMILES string of the molecule is CC(=O)OCCCO.[NaH]. The van der Waals surface area contributed by atoms with Crippen molar-refractivity contribution in [3.05, 3.63) is 0 Å². The summed E-state index contributed by atoms with van der Waals surface area (Å²) in [5.41, 5.74) is 0. The predicted molar refractivity (Wildman–Crippen MR) is 35.5 cm³/mol. The van der Waals surface area contributed by atoms with Crippen LogP contribution in [0.4, 0.5) is 0 Å². The van der Waals surface area contributed by atoms with E-state index < -0.39 is 0 Å². The molecule has 0 aliphatic rings. The van der Waals surface area contributed by atoms with Crippen molar-refractivity contribution >= 4 is 35.5 Å². The number of ether oxygens (including phenoxy) is 1. The van der Waals surface area contributed by atoms with E-state index in [9.17, 15) is 4.79 Å². The third kappa shape index (κ3) is 11.8. The van der Waals surface area contributed by atoms with Crippen LogP contribution in [0, 0.1) is 0 Å². The van der Waals surface area contributed by atoms with Crippen molar-refractivity contribution in [2.24, 2.45) is 0 Å². The van der Waals surface area contributed by atoms with Crippen LogP contribution < -0.4 is 0 Å². The monoisotopic (exact) mass is 142 g/mol. The molecule has 0 spiro atoms. The zero-order chi connectivity index (χ0) is 6.41. The third-order valence-corrected chi connectivity index (χ3v) is 0.608. The molecule has 0 fully saturated rings. The molecule has 50 valence electrons. The first kappa shape index (κ1) is 12.1. The fraction of sp³-hybridized carbons (Fsp3) is 0.800. The number of esters is 1. The fourth-order valence-corrected chi connectivity index (χ4v) is 0.280. The molecule has 0 aromatic heterocycles. The molecule has 0 bridgehead atoms. The van der Waals surface area contributed by atoms with Crippen molar-refractivity contribution in [2.45, 2.75) is 13.3 Å². The molecule has 0 amide bonds. The van der Waals surface area contributed by atoms with Gasteiger partial charge in [-0.1, -0.05) is 0 Å². The van der Waals surface area contributed by atoms with Crippen molar-refractivity contribution in [2.75, 3.05) is 13.2 Å². The van der Waals surface area contributed by atoms with E-state index in [4.69, 9.17) is 5.11 Å². The summed E-state index contributed by atoms with van der Waals surface area (Å²) in [5, 5.41) is 8.19. The van der Waals surface area contributed by atoms with Crippen LogP contribution in [-0.2, 0) is 9.53 Å². The van der Waals surface area contributed by atoms with Gasteiger partial charge >= 0.3 is 35.5 Å². The van der Waals surface area contributed by atoms with Crippen molar-refractivity contribution in [3.8, 4) is 0 Å². The van der Waals surface area contributed by atoms with Gasteiger partial charge in [-0.25, -0.2) is 0 Å². The Kier molecular flexibility index (Phi) is 11.4. The second-order valence-electron chi connectivity index (χ2n) is 1.42. The number of hydrogen-bond acceptors (Lipinski definition) is 3. The standard InChI is InChI=1S/C5H10O3.Na.H/c1-5(7)8-4-2-3-6;;/h6H,2-4H2,1H3;;. The Morgan fingerprint density at radius 3 is 2.56 bits per heavy atom. The van der Waals surface area contributed by atoms with Crippen LogP contribution in [0.15, 0.2) is 0 Å². The maximum absolute atomic E-state index is 10.0. The van der Waals surface area contributed by atoms with E-state index in [-0.39, 0.29) is 42.1 Å². The zero-order valence-corrected chi connectivity index (χ0v) is 4.89. The van der Waals surface area contributed by atoms with Crippen molar-refractivity contribution < 1.29 is 14.6 Å². The minimum atomic E-state index is -0.293. The first-order valence-corrected chi connectivity index (χ1v) is 2.51. The number of carbonyl (C=O) groups excluding carboxylic acids is 1. The summed E-state index contributed by atoms with van der Waals surface area (Å²) in [6, 6.07) is 0. The molecule has 0 unspecified atom stereocenters. The minimum absolute atomic E-state index is 0. The van der Waals surface area contributed by atoms with Crippen LogP contribution in [0.25, 0.3) is 0 Å². The third-order valence-electron chi connectivity index (χ3n) is 0.608. The van der Waals surface area contributed by atoms with Crippen LogP contribution in [0.5, 0.6) is 0 Å². The van der Waals surface area contributed by atoms with Crippen molar-refractivity contribution in [1.82, 2.24) is 0 Å². The summed E-state index contributed by atoms with van der Waals surface area (Å²) in [5.74, 6) is -0.293. The van der Waals surface area contributed by atoms with Gasteiger partial charge in [0.15, 0.2) is 0 Å². The fourth-order valence-electron chi connectivity index (χ4n) is 0.280. The Hall–Kier alpha value is 0.430. The summed E-state index contributed by atoms with van der Waals surface area (Å²) in [4.78, 5) is 10.0. The number of carbonyl (C=O) groups is 1. The van der Waals surface area contributed by atoms with Gasteiger partial charge in [0.25, 0.3) is 0 Å². The van der Waals surface area contributed by atoms with Crippen LogP contribution >= 0.6 is 0 Å². The molecule has 0 atom stereocenters. The molecular weight excluding hydrogens is 131 g/mol. The van der Waals surface area contributed by atoms with Crippen LogP contribution in [0.1, 0.15) is 13.3 Å². The van der Waals surface area contributed by atoms with E-state index in [2.05, 4.69) is 4.74 Å². The summed E-state index contributed by atoms with van der Waals surface area (Å²) in [6.07, 6.45) is 0.527. The van der Waals surface area contributed by atoms with Gasteiger partial charge in [0, 0.05) is 20.0 Å². The van der Waals surface area contributed by atoms with E-state index in [0.717, 1.165) is 0 Å². The summed E-state index contributed by atoms with van der Waals surface area (Å²) < 4.78 is 4.48. The van der Waals surface area contributed by atoms with E-state index in [0.29, 0.717) is 13.0 Å². The number of aliphatic hydroxyl groups excluding tert-OH is 1. The van der Waals surface area contributed by atoms with Gasteiger partial charge < -0.3 is 9.84 Å². The van der Waals surface area contributed by atoms with Gasteiger partial charge in [-0.15, -0.1) is 0 Å². The molecule has 0 saturated carbocycles.